The second-order valence-corrected chi connectivity index (χ2v) is 5.48. The van der Waals surface area contributed by atoms with Crippen LogP contribution in [0.5, 0.6) is 0 Å². The van der Waals surface area contributed by atoms with E-state index in [9.17, 15) is 9.59 Å². The molecule has 0 bridgehead atoms. The number of amides is 1. The number of nitrogens with one attached hydrogen (secondary N) is 2. The number of H-pyrrole nitrogens is 1. The molecule has 0 aliphatic heterocycles. The van der Waals surface area contributed by atoms with Gasteiger partial charge in [-0.1, -0.05) is 29.3 Å². The molecule has 2 rings (SSSR count). The number of aromatic amines is 1. The van der Waals surface area contributed by atoms with Crippen LogP contribution in [0.3, 0.4) is 0 Å². The summed E-state index contributed by atoms with van der Waals surface area (Å²) >= 11 is 3.37. The molecular formula is C14H15BrN2O3. The Morgan fingerprint density at radius 1 is 1.40 bits per heavy atom. The second-order valence-electron chi connectivity index (χ2n) is 4.57. The van der Waals surface area contributed by atoms with Gasteiger partial charge in [0, 0.05) is 15.4 Å². The first-order valence-electron chi connectivity index (χ1n) is 6.33. The monoisotopic (exact) mass is 338 g/mol. The van der Waals surface area contributed by atoms with E-state index in [1.165, 1.54) is 0 Å². The van der Waals surface area contributed by atoms with E-state index in [0.717, 1.165) is 15.4 Å². The van der Waals surface area contributed by atoms with E-state index >= 15 is 0 Å². The lowest BCUT2D eigenvalue weighted by molar-refractivity contribution is -0.139. The molecule has 0 aliphatic carbocycles. The zero-order valence-electron chi connectivity index (χ0n) is 10.9. The quantitative estimate of drug-likeness (QED) is 0.783. The third-order valence-electron chi connectivity index (χ3n) is 3.01. The van der Waals surface area contributed by atoms with Gasteiger partial charge in [0.05, 0.1) is 0 Å². The summed E-state index contributed by atoms with van der Waals surface area (Å²) in [5.74, 6) is -1.42. The Labute approximate surface area is 124 Å². The Morgan fingerprint density at radius 3 is 2.80 bits per heavy atom. The van der Waals surface area contributed by atoms with Gasteiger partial charge in [0.2, 0.25) is 0 Å². The molecule has 0 aliphatic rings. The van der Waals surface area contributed by atoms with Gasteiger partial charge in [0.1, 0.15) is 11.7 Å². The van der Waals surface area contributed by atoms with Crippen LogP contribution < -0.4 is 5.32 Å². The fourth-order valence-electron chi connectivity index (χ4n) is 2.01. The van der Waals surface area contributed by atoms with Crippen LogP contribution in [0.4, 0.5) is 0 Å². The highest BCUT2D eigenvalue weighted by atomic mass is 79.9. The Kier molecular flexibility index (Phi) is 4.44. The van der Waals surface area contributed by atoms with Crippen molar-refractivity contribution in [3.05, 3.63) is 34.4 Å². The van der Waals surface area contributed by atoms with Crippen molar-refractivity contribution < 1.29 is 14.7 Å². The van der Waals surface area contributed by atoms with Gasteiger partial charge in [-0.05, 0) is 30.7 Å². The number of fused-ring (bicyclic) bond motifs is 1. The number of rotatable bonds is 5. The number of carboxylic acids is 1. The summed E-state index contributed by atoms with van der Waals surface area (Å²) in [4.78, 5) is 26.1. The summed E-state index contributed by atoms with van der Waals surface area (Å²) in [6.07, 6.45) is 1.10. The number of carbonyl (C=O) groups excluding carboxylic acids is 1. The third kappa shape index (κ3) is 3.19. The summed E-state index contributed by atoms with van der Waals surface area (Å²) in [7, 11) is 0. The van der Waals surface area contributed by atoms with Crippen LogP contribution in [0.1, 0.15) is 30.3 Å². The zero-order chi connectivity index (χ0) is 14.7. The first-order chi connectivity index (χ1) is 9.51. The number of carbonyl (C=O) groups is 2. The van der Waals surface area contributed by atoms with Crippen LogP contribution >= 0.6 is 15.9 Å². The molecule has 6 heteroatoms. The summed E-state index contributed by atoms with van der Waals surface area (Å²) in [6, 6.07) is 6.48. The topological polar surface area (TPSA) is 82.2 Å². The molecule has 3 N–H and O–H groups in total. The van der Waals surface area contributed by atoms with Crippen molar-refractivity contribution in [3.8, 4) is 0 Å². The fraction of sp³-hybridized carbons (Fsp3) is 0.286. The molecule has 1 amide bonds. The molecule has 1 atom stereocenters. The Hall–Kier alpha value is -1.82. The van der Waals surface area contributed by atoms with Crippen LogP contribution in [0.25, 0.3) is 10.9 Å². The Morgan fingerprint density at radius 2 is 2.15 bits per heavy atom. The minimum absolute atomic E-state index is 0.362. The first-order valence-corrected chi connectivity index (χ1v) is 7.12. The molecule has 1 aromatic carbocycles. The predicted molar refractivity (Wildman–Crippen MR) is 79.8 cm³/mol. The lowest BCUT2D eigenvalue weighted by atomic mass is 10.1. The summed E-state index contributed by atoms with van der Waals surface area (Å²) in [5.41, 5.74) is 1.20. The highest BCUT2D eigenvalue weighted by Crippen LogP contribution is 2.20. The van der Waals surface area contributed by atoms with Gasteiger partial charge in [0.25, 0.3) is 5.91 Å². The van der Waals surface area contributed by atoms with Crippen molar-refractivity contribution in [1.82, 2.24) is 10.3 Å². The number of hydrogen-bond acceptors (Lipinski definition) is 2. The third-order valence-corrected chi connectivity index (χ3v) is 3.50. The van der Waals surface area contributed by atoms with E-state index in [2.05, 4.69) is 26.2 Å². The molecular weight excluding hydrogens is 324 g/mol. The molecule has 0 spiro atoms. The molecule has 0 saturated carbocycles. The number of halogens is 1. The van der Waals surface area contributed by atoms with Gasteiger partial charge < -0.3 is 15.4 Å². The van der Waals surface area contributed by atoms with Crippen molar-refractivity contribution in [1.29, 1.82) is 0 Å². The number of hydrogen-bond donors (Lipinski definition) is 3. The largest absolute Gasteiger partial charge is 0.480 e. The standard InChI is InChI=1S/C14H15BrN2O3/c1-2-3-11(14(19)20)17-13(18)12-7-8-6-9(15)4-5-10(8)16-12/h4-7,11,16H,2-3H2,1H3,(H,17,18)(H,19,20). The minimum atomic E-state index is -1.01. The number of benzene rings is 1. The van der Waals surface area contributed by atoms with Gasteiger partial charge in [-0.3, -0.25) is 4.79 Å². The lowest BCUT2D eigenvalue weighted by Crippen LogP contribution is -2.40. The summed E-state index contributed by atoms with van der Waals surface area (Å²) in [5, 5.41) is 12.5. The Bertz CT molecular complexity index is 651. The van der Waals surface area contributed by atoms with E-state index < -0.39 is 17.9 Å². The van der Waals surface area contributed by atoms with Crippen LogP contribution in [0, 0.1) is 0 Å². The van der Waals surface area contributed by atoms with Gasteiger partial charge >= 0.3 is 5.97 Å². The van der Waals surface area contributed by atoms with Gasteiger partial charge in [-0.15, -0.1) is 0 Å². The van der Waals surface area contributed by atoms with Crippen LogP contribution in [-0.2, 0) is 4.79 Å². The lowest BCUT2D eigenvalue weighted by Gasteiger charge is -2.12. The van der Waals surface area contributed by atoms with Crippen LogP contribution in [0.15, 0.2) is 28.7 Å². The zero-order valence-corrected chi connectivity index (χ0v) is 12.5. The molecule has 2 aromatic rings. The van der Waals surface area contributed by atoms with Crippen molar-refractivity contribution in [2.24, 2.45) is 0 Å². The van der Waals surface area contributed by atoms with Gasteiger partial charge in [0.15, 0.2) is 0 Å². The minimum Gasteiger partial charge on any atom is -0.480 e. The second kappa shape index (κ2) is 6.09. The maximum atomic E-state index is 12.1. The maximum Gasteiger partial charge on any atom is 0.326 e. The van der Waals surface area contributed by atoms with Gasteiger partial charge in [-0.2, -0.15) is 0 Å². The highest BCUT2D eigenvalue weighted by Gasteiger charge is 2.20. The van der Waals surface area contributed by atoms with Crippen LogP contribution in [0.2, 0.25) is 0 Å². The molecule has 20 heavy (non-hydrogen) atoms. The normalized spacial score (nSPS) is 12.3. The smallest absolute Gasteiger partial charge is 0.326 e. The van der Waals surface area contributed by atoms with E-state index in [1.54, 1.807) is 6.07 Å². The van der Waals surface area contributed by atoms with Crippen LogP contribution in [-0.4, -0.2) is 28.0 Å². The van der Waals surface area contributed by atoms with E-state index in [0.29, 0.717) is 18.5 Å². The highest BCUT2D eigenvalue weighted by molar-refractivity contribution is 9.10. The van der Waals surface area contributed by atoms with E-state index in [1.807, 2.05) is 25.1 Å². The molecule has 1 aromatic heterocycles. The number of aliphatic carboxylic acids is 1. The molecule has 106 valence electrons. The first kappa shape index (κ1) is 14.6. The van der Waals surface area contributed by atoms with Gasteiger partial charge in [-0.25, -0.2) is 4.79 Å². The molecule has 0 saturated heterocycles. The van der Waals surface area contributed by atoms with E-state index in [-0.39, 0.29) is 0 Å². The van der Waals surface area contributed by atoms with Crippen molar-refractivity contribution in [2.75, 3.05) is 0 Å². The van der Waals surface area contributed by atoms with Crippen molar-refractivity contribution >= 4 is 38.7 Å². The Balaban J connectivity index is 2.20. The predicted octanol–water partition coefficient (Wildman–Crippen LogP) is 2.91. The average molecular weight is 339 g/mol. The molecule has 1 unspecified atom stereocenters. The SMILES string of the molecule is CCCC(NC(=O)c1cc2cc(Br)ccc2[nH]1)C(=O)O. The fourth-order valence-corrected chi connectivity index (χ4v) is 2.39. The maximum absolute atomic E-state index is 12.1. The molecule has 1 heterocycles. The average Bonchev–Trinajstić information content (AvgIpc) is 2.80. The number of carboxylic acid groups (broad SMARTS) is 1. The summed E-state index contributed by atoms with van der Waals surface area (Å²) < 4.78 is 0.922. The van der Waals surface area contributed by atoms with E-state index in [4.69, 9.17) is 5.11 Å². The van der Waals surface area contributed by atoms with Crippen molar-refractivity contribution in [2.45, 2.75) is 25.8 Å². The molecule has 0 radical (unpaired) electrons. The molecule has 5 nitrogen and oxygen atoms in total. The number of aromatic nitrogens is 1. The summed E-state index contributed by atoms with van der Waals surface area (Å²) in [6.45, 7) is 1.88. The van der Waals surface area contributed by atoms with Crippen molar-refractivity contribution in [3.63, 3.8) is 0 Å². The molecule has 0 fully saturated rings.